The number of nitrogens with zero attached hydrogens (tertiary/aromatic N) is 3. The molecule has 2 heterocycles. The third-order valence-electron chi connectivity index (χ3n) is 5.13. The van der Waals surface area contributed by atoms with Crippen LogP contribution in [0, 0.1) is 0 Å². The quantitative estimate of drug-likeness (QED) is 0.935. The first-order chi connectivity index (χ1) is 11.7. The molecule has 2 aliphatic rings. The van der Waals surface area contributed by atoms with Crippen molar-refractivity contribution in [1.29, 1.82) is 0 Å². The molecule has 1 N–H and O–H groups in total. The van der Waals surface area contributed by atoms with Crippen LogP contribution in [0.15, 0.2) is 36.7 Å². The van der Waals surface area contributed by atoms with Gasteiger partial charge < -0.3 is 14.8 Å². The van der Waals surface area contributed by atoms with Crippen LogP contribution in [-0.2, 0) is 9.47 Å². The van der Waals surface area contributed by atoms with Gasteiger partial charge in [-0.1, -0.05) is 17.3 Å². The van der Waals surface area contributed by atoms with E-state index in [-0.39, 0.29) is 5.79 Å². The zero-order valence-electron chi connectivity index (χ0n) is 14.0. The second-order valence-corrected chi connectivity index (χ2v) is 6.71. The molecule has 0 bridgehead atoms. The summed E-state index contributed by atoms with van der Waals surface area (Å²) in [6.07, 6.45) is 7.71. The van der Waals surface area contributed by atoms with E-state index in [9.17, 15) is 0 Å². The predicted octanol–water partition coefficient (Wildman–Crippen LogP) is 2.60. The number of nitrogens with one attached hydrogen (secondary N) is 1. The zero-order valence-corrected chi connectivity index (χ0v) is 14.0. The lowest BCUT2D eigenvalue weighted by atomic mass is 9.89. The van der Waals surface area contributed by atoms with Crippen molar-refractivity contribution < 1.29 is 9.47 Å². The van der Waals surface area contributed by atoms with Gasteiger partial charge in [0.05, 0.1) is 31.3 Å². The highest BCUT2D eigenvalue weighted by Crippen LogP contribution is 2.36. The summed E-state index contributed by atoms with van der Waals surface area (Å²) in [6.45, 7) is 3.71. The first kappa shape index (κ1) is 15.7. The van der Waals surface area contributed by atoms with Gasteiger partial charge in [0.25, 0.3) is 0 Å². The highest BCUT2D eigenvalue weighted by Gasteiger charge is 2.40. The second-order valence-electron chi connectivity index (χ2n) is 6.71. The topological polar surface area (TPSA) is 61.2 Å². The maximum atomic E-state index is 5.80. The molecule has 1 saturated carbocycles. The van der Waals surface area contributed by atoms with E-state index in [1.165, 1.54) is 5.56 Å². The highest BCUT2D eigenvalue weighted by molar-refractivity contribution is 5.34. The average molecular weight is 328 g/mol. The van der Waals surface area contributed by atoms with Gasteiger partial charge in [0.2, 0.25) is 0 Å². The van der Waals surface area contributed by atoms with E-state index in [1.54, 1.807) is 10.9 Å². The largest absolute Gasteiger partial charge is 0.348 e. The van der Waals surface area contributed by atoms with Crippen molar-refractivity contribution in [2.24, 2.45) is 0 Å². The summed E-state index contributed by atoms with van der Waals surface area (Å²) in [6, 6.07) is 9.31. The minimum Gasteiger partial charge on any atom is -0.348 e. The summed E-state index contributed by atoms with van der Waals surface area (Å²) >= 11 is 0. The van der Waals surface area contributed by atoms with Crippen LogP contribution in [0.1, 0.15) is 44.2 Å². The fourth-order valence-corrected chi connectivity index (χ4v) is 3.72. The maximum Gasteiger partial charge on any atom is 0.168 e. The third-order valence-corrected chi connectivity index (χ3v) is 5.13. The number of benzene rings is 1. The molecule has 6 nitrogen and oxygen atoms in total. The fourth-order valence-electron chi connectivity index (χ4n) is 3.72. The predicted molar refractivity (Wildman–Crippen MR) is 89.8 cm³/mol. The number of hydrogen-bond acceptors (Lipinski definition) is 5. The number of rotatable bonds is 4. The van der Waals surface area contributed by atoms with Crippen LogP contribution < -0.4 is 5.32 Å². The van der Waals surface area contributed by atoms with Crippen LogP contribution in [0.2, 0.25) is 0 Å². The van der Waals surface area contributed by atoms with Gasteiger partial charge in [0, 0.05) is 24.9 Å². The molecule has 1 aromatic heterocycles. The Morgan fingerprint density at radius 3 is 2.50 bits per heavy atom. The van der Waals surface area contributed by atoms with Gasteiger partial charge in [-0.25, -0.2) is 4.68 Å². The Bertz CT molecular complexity index is 640. The molecule has 0 radical (unpaired) electrons. The number of ether oxygens (including phenoxy) is 2. The molecule has 0 unspecified atom stereocenters. The Labute approximate surface area is 142 Å². The van der Waals surface area contributed by atoms with E-state index < -0.39 is 0 Å². The molecule has 6 heteroatoms. The van der Waals surface area contributed by atoms with E-state index in [0.717, 1.165) is 44.6 Å². The van der Waals surface area contributed by atoms with Gasteiger partial charge >= 0.3 is 0 Å². The van der Waals surface area contributed by atoms with E-state index in [1.807, 2.05) is 6.20 Å². The molecule has 1 aliphatic heterocycles. The summed E-state index contributed by atoms with van der Waals surface area (Å²) in [4.78, 5) is 0. The lowest BCUT2D eigenvalue weighted by Crippen LogP contribution is -2.42. The molecule has 4 rings (SSSR count). The lowest BCUT2D eigenvalue weighted by Gasteiger charge is -2.36. The minimum absolute atomic E-state index is 0.277. The first-order valence-corrected chi connectivity index (χ1v) is 8.75. The Balaban J connectivity index is 1.34. The van der Waals surface area contributed by atoms with Crippen molar-refractivity contribution in [2.75, 3.05) is 13.2 Å². The van der Waals surface area contributed by atoms with E-state index >= 15 is 0 Å². The molecule has 1 aromatic carbocycles. The third kappa shape index (κ3) is 3.22. The summed E-state index contributed by atoms with van der Waals surface area (Å²) in [5.41, 5.74) is 2.31. The van der Waals surface area contributed by atoms with E-state index in [0.29, 0.717) is 12.1 Å². The molecule has 128 valence electrons. The van der Waals surface area contributed by atoms with E-state index in [2.05, 4.69) is 46.8 Å². The molecule has 1 atom stereocenters. The average Bonchev–Trinajstić information content (AvgIpc) is 3.30. The van der Waals surface area contributed by atoms with Crippen molar-refractivity contribution in [3.05, 3.63) is 42.2 Å². The Morgan fingerprint density at radius 1 is 1.17 bits per heavy atom. The van der Waals surface area contributed by atoms with Crippen molar-refractivity contribution in [1.82, 2.24) is 20.3 Å². The van der Waals surface area contributed by atoms with Crippen LogP contribution >= 0.6 is 0 Å². The minimum atomic E-state index is -0.277. The standard InChI is InChI=1S/C18H24N4O2/c1-14(15-2-4-17(5-3-15)22-11-10-19-21-22)20-16-6-8-18(9-7-16)23-12-13-24-18/h2-5,10-11,14,16,20H,6-9,12-13H2,1H3/t14-/m0/s1. The van der Waals surface area contributed by atoms with Gasteiger partial charge in [-0.3, -0.25) is 0 Å². The van der Waals surface area contributed by atoms with Crippen LogP contribution in [-0.4, -0.2) is 40.0 Å². The van der Waals surface area contributed by atoms with Gasteiger partial charge in [0.15, 0.2) is 5.79 Å². The van der Waals surface area contributed by atoms with Crippen molar-refractivity contribution >= 4 is 0 Å². The molecular weight excluding hydrogens is 304 g/mol. The molecule has 0 amide bonds. The number of hydrogen-bond donors (Lipinski definition) is 1. The van der Waals surface area contributed by atoms with Crippen molar-refractivity contribution in [3.63, 3.8) is 0 Å². The van der Waals surface area contributed by atoms with Crippen LogP contribution in [0.3, 0.4) is 0 Å². The lowest BCUT2D eigenvalue weighted by molar-refractivity contribution is -0.179. The Kier molecular flexibility index (Phi) is 4.35. The molecule has 1 aliphatic carbocycles. The molecule has 1 saturated heterocycles. The van der Waals surface area contributed by atoms with Gasteiger partial charge in [-0.05, 0) is 37.5 Å². The van der Waals surface area contributed by atoms with Gasteiger partial charge in [-0.2, -0.15) is 0 Å². The summed E-state index contributed by atoms with van der Waals surface area (Å²) < 4.78 is 13.4. The van der Waals surface area contributed by atoms with E-state index in [4.69, 9.17) is 9.47 Å². The first-order valence-electron chi connectivity index (χ1n) is 8.75. The van der Waals surface area contributed by atoms with Crippen LogP contribution in [0.4, 0.5) is 0 Å². The molecular formula is C18H24N4O2. The molecule has 2 aromatic rings. The van der Waals surface area contributed by atoms with Gasteiger partial charge in [-0.15, -0.1) is 5.10 Å². The highest BCUT2D eigenvalue weighted by atomic mass is 16.7. The second kappa shape index (κ2) is 6.63. The van der Waals surface area contributed by atoms with Crippen molar-refractivity contribution in [2.45, 2.75) is 50.5 Å². The van der Waals surface area contributed by atoms with Crippen LogP contribution in [0.25, 0.3) is 5.69 Å². The maximum absolute atomic E-state index is 5.80. The normalized spacial score (nSPS) is 22.0. The molecule has 1 spiro atoms. The summed E-state index contributed by atoms with van der Waals surface area (Å²) in [7, 11) is 0. The zero-order chi connectivity index (χ0) is 16.4. The number of aromatic nitrogens is 3. The Hall–Kier alpha value is -1.76. The fraction of sp³-hybridized carbons (Fsp3) is 0.556. The molecule has 24 heavy (non-hydrogen) atoms. The Morgan fingerprint density at radius 2 is 1.88 bits per heavy atom. The molecule has 2 fully saturated rings. The smallest absolute Gasteiger partial charge is 0.168 e. The monoisotopic (exact) mass is 328 g/mol. The summed E-state index contributed by atoms with van der Waals surface area (Å²) in [5, 5.41) is 11.6. The SMILES string of the molecule is C[C@H](NC1CCC2(CC1)OCCO2)c1ccc(-n2ccnn2)cc1. The van der Waals surface area contributed by atoms with Crippen LogP contribution in [0.5, 0.6) is 0 Å². The summed E-state index contributed by atoms with van der Waals surface area (Å²) in [5.74, 6) is -0.277. The van der Waals surface area contributed by atoms with Gasteiger partial charge in [0.1, 0.15) is 0 Å². The van der Waals surface area contributed by atoms with Crippen molar-refractivity contribution in [3.8, 4) is 5.69 Å².